The van der Waals surface area contributed by atoms with Gasteiger partial charge in [-0.1, -0.05) is 0 Å². The Hall–Kier alpha value is -1.20. The maximum Gasteiger partial charge on any atom is 0.316 e. The predicted octanol–water partition coefficient (Wildman–Crippen LogP) is 0.445. The van der Waals surface area contributed by atoms with Gasteiger partial charge in [-0.05, 0) is 6.92 Å². The van der Waals surface area contributed by atoms with Gasteiger partial charge in [0.15, 0.2) is 0 Å². The molecule has 1 N–H and O–H groups in total. The Morgan fingerprint density at radius 3 is 3.13 bits per heavy atom. The molecule has 1 aromatic rings. The van der Waals surface area contributed by atoms with E-state index in [4.69, 9.17) is 14.6 Å². The third-order valence-corrected chi connectivity index (χ3v) is 2.39. The number of aryl methyl sites for hydroxylation is 1. The topological polar surface area (TPSA) is 64.5 Å². The van der Waals surface area contributed by atoms with E-state index in [0.29, 0.717) is 12.6 Å². The molecule has 1 unspecified atom stereocenters. The highest BCUT2D eigenvalue weighted by Gasteiger charge is 2.18. The van der Waals surface area contributed by atoms with Gasteiger partial charge in [0, 0.05) is 18.2 Å². The second-order valence-electron chi connectivity index (χ2n) is 3.52. The van der Waals surface area contributed by atoms with Gasteiger partial charge in [-0.2, -0.15) is 0 Å². The van der Waals surface area contributed by atoms with Crippen LogP contribution >= 0.6 is 0 Å². The van der Waals surface area contributed by atoms with E-state index < -0.39 is 0 Å². The average Bonchev–Trinajstić information content (AvgIpc) is 2.71. The quantitative estimate of drug-likeness (QED) is 0.784. The van der Waals surface area contributed by atoms with Crippen LogP contribution in [0.25, 0.3) is 0 Å². The summed E-state index contributed by atoms with van der Waals surface area (Å²) in [5, 5.41) is 8.95. The average molecular weight is 210 g/mol. The van der Waals surface area contributed by atoms with Crippen molar-refractivity contribution in [3.8, 4) is 6.01 Å². The van der Waals surface area contributed by atoms with Crippen molar-refractivity contribution < 1.29 is 14.6 Å². The number of hydrogen-bond acceptors (Lipinski definition) is 5. The zero-order valence-corrected chi connectivity index (χ0v) is 8.64. The molecule has 1 saturated heterocycles. The van der Waals surface area contributed by atoms with Gasteiger partial charge < -0.3 is 14.6 Å². The summed E-state index contributed by atoms with van der Waals surface area (Å²) in [5.41, 5.74) is 1.48. The fourth-order valence-corrected chi connectivity index (χ4v) is 1.44. The lowest BCUT2D eigenvalue weighted by Gasteiger charge is -2.10. The molecule has 1 aliphatic heterocycles. The SMILES string of the molecule is Cc1nc(OC2CCOC2)ncc1CO. The van der Waals surface area contributed by atoms with Crippen molar-refractivity contribution >= 4 is 0 Å². The van der Waals surface area contributed by atoms with Gasteiger partial charge in [0.1, 0.15) is 6.10 Å². The van der Waals surface area contributed by atoms with E-state index in [1.807, 2.05) is 6.92 Å². The standard InChI is InChI=1S/C10H14N2O3/c1-7-8(5-13)4-11-10(12-7)15-9-2-3-14-6-9/h4,9,13H,2-3,5-6H2,1H3. The van der Waals surface area contributed by atoms with E-state index >= 15 is 0 Å². The molecular formula is C10H14N2O3. The summed E-state index contributed by atoms with van der Waals surface area (Å²) >= 11 is 0. The predicted molar refractivity (Wildman–Crippen MR) is 52.5 cm³/mol. The molecule has 1 fully saturated rings. The molecule has 1 aliphatic rings. The number of aromatic nitrogens is 2. The Kier molecular flexibility index (Phi) is 3.13. The van der Waals surface area contributed by atoms with E-state index in [2.05, 4.69) is 9.97 Å². The Morgan fingerprint density at radius 2 is 2.53 bits per heavy atom. The van der Waals surface area contributed by atoms with Crippen LogP contribution in [0.5, 0.6) is 6.01 Å². The number of hydrogen-bond donors (Lipinski definition) is 1. The van der Waals surface area contributed by atoms with E-state index in [1.165, 1.54) is 0 Å². The lowest BCUT2D eigenvalue weighted by Crippen LogP contribution is -2.17. The Morgan fingerprint density at radius 1 is 1.67 bits per heavy atom. The summed E-state index contributed by atoms with van der Waals surface area (Å²) in [6.45, 7) is 3.12. The molecule has 1 aromatic heterocycles. The molecule has 5 nitrogen and oxygen atoms in total. The highest BCUT2D eigenvalue weighted by Crippen LogP contribution is 2.14. The van der Waals surface area contributed by atoms with E-state index in [0.717, 1.165) is 24.3 Å². The minimum atomic E-state index is -0.0430. The van der Waals surface area contributed by atoms with Crippen LogP contribution in [0.15, 0.2) is 6.20 Å². The van der Waals surface area contributed by atoms with Gasteiger partial charge in [0.25, 0.3) is 0 Å². The molecular weight excluding hydrogens is 196 g/mol. The zero-order chi connectivity index (χ0) is 10.7. The number of ether oxygens (including phenoxy) is 2. The number of aliphatic hydroxyl groups excluding tert-OH is 1. The highest BCUT2D eigenvalue weighted by atomic mass is 16.6. The van der Waals surface area contributed by atoms with Crippen molar-refractivity contribution in [3.05, 3.63) is 17.5 Å². The molecule has 82 valence electrons. The largest absolute Gasteiger partial charge is 0.458 e. The molecule has 2 rings (SSSR count). The van der Waals surface area contributed by atoms with Crippen molar-refractivity contribution in [3.63, 3.8) is 0 Å². The second-order valence-corrected chi connectivity index (χ2v) is 3.52. The number of rotatable bonds is 3. The monoisotopic (exact) mass is 210 g/mol. The molecule has 0 aliphatic carbocycles. The van der Waals surface area contributed by atoms with Crippen LogP contribution in [0.2, 0.25) is 0 Å². The van der Waals surface area contributed by atoms with E-state index in [9.17, 15) is 0 Å². The third-order valence-electron chi connectivity index (χ3n) is 2.39. The molecule has 1 atom stereocenters. The first kappa shape index (κ1) is 10.3. The van der Waals surface area contributed by atoms with Gasteiger partial charge in [-0.25, -0.2) is 9.97 Å². The lowest BCUT2D eigenvalue weighted by atomic mass is 10.3. The molecule has 0 bridgehead atoms. The van der Waals surface area contributed by atoms with Gasteiger partial charge in [-0.15, -0.1) is 0 Å². The molecule has 0 saturated carbocycles. The first-order chi connectivity index (χ1) is 7.29. The fraction of sp³-hybridized carbons (Fsp3) is 0.600. The van der Waals surface area contributed by atoms with Gasteiger partial charge in [0.2, 0.25) is 0 Å². The van der Waals surface area contributed by atoms with E-state index in [-0.39, 0.29) is 12.7 Å². The maximum absolute atomic E-state index is 8.95. The fourth-order valence-electron chi connectivity index (χ4n) is 1.44. The summed E-state index contributed by atoms with van der Waals surface area (Å²) in [5.74, 6) is 0. The first-order valence-electron chi connectivity index (χ1n) is 4.97. The third kappa shape index (κ3) is 2.43. The molecule has 0 aromatic carbocycles. The summed E-state index contributed by atoms with van der Waals surface area (Å²) < 4.78 is 10.7. The van der Waals surface area contributed by atoms with Crippen molar-refractivity contribution in [2.75, 3.05) is 13.2 Å². The smallest absolute Gasteiger partial charge is 0.316 e. The summed E-state index contributed by atoms with van der Waals surface area (Å²) in [7, 11) is 0. The van der Waals surface area contributed by atoms with Crippen LogP contribution in [0, 0.1) is 6.92 Å². The van der Waals surface area contributed by atoms with Crippen LogP contribution < -0.4 is 4.74 Å². The van der Waals surface area contributed by atoms with Crippen LogP contribution in [-0.4, -0.2) is 34.4 Å². The van der Waals surface area contributed by atoms with Crippen LogP contribution in [-0.2, 0) is 11.3 Å². The summed E-state index contributed by atoms with van der Waals surface area (Å²) in [6, 6.07) is 0.361. The minimum absolute atomic E-state index is 0.0430. The molecule has 0 radical (unpaired) electrons. The number of nitrogens with zero attached hydrogens (tertiary/aromatic N) is 2. The van der Waals surface area contributed by atoms with Gasteiger partial charge >= 0.3 is 6.01 Å². The summed E-state index contributed by atoms with van der Waals surface area (Å²) in [6.07, 6.45) is 2.53. The first-order valence-corrected chi connectivity index (χ1v) is 4.97. The second kappa shape index (κ2) is 4.55. The molecule has 5 heteroatoms. The maximum atomic E-state index is 8.95. The van der Waals surface area contributed by atoms with Crippen molar-refractivity contribution in [1.82, 2.24) is 9.97 Å². The Bertz CT molecular complexity index is 337. The van der Waals surface area contributed by atoms with Gasteiger partial charge in [0.05, 0.1) is 25.5 Å². The number of aliphatic hydroxyl groups is 1. The summed E-state index contributed by atoms with van der Waals surface area (Å²) in [4.78, 5) is 8.18. The van der Waals surface area contributed by atoms with Crippen LogP contribution in [0.3, 0.4) is 0 Å². The zero-order valence-electron chi connectivity index (χ0n) is 8.64. The normalized spacial score (nSPS) is 20.5. The molecule has 0 amide bonds. The highest BCUT2D eigenvalue weighted by molar-refractivity contribution is 5.16. The van der Waals surface area contributed by atoms with Crippen molar-refractivity contribution in [2.45, 2.75) is 26.1 Å². The van der Waals surface area contributed by atoms with Crippen LogP contribution in [0.4, 0.5) is 0 Å². The lowest BCUT2D eigenvalue weighted by molar-refractivity contribution is 0.134. The molecule has 0 spiro atoms. The van der Waals surface area contributed by atoms with Crippen molar-refractivity contribution in [1.29, 1.82) is 0 Å². The van der Waals surface area contributed by atoms with Crippen molar-refractivity contribution in [2.24, 2.45) is 0 Å². The Labute approximate surface area is 88.1 Å². The van der Waals surface area contributed by atoms with Crippen LogP contribution in [0.1, 0.15) is 17.7 Å². The molecule has 2 heterocycles. The van der Waals surface area contributed by atoms with E-state index in [1.54, 1.807) is 6.20 Å². The minimum Gasteiger partial charge on any atom is -0.458 e. The Balaban J connectivity index is 2.05. The van der Waals surface area contributed by atoms with Gasteiger partial charge in [-0.3, -0.25) is 0 Å². The molecule has 15 heavy (non-hydrogen) atoms.